The molecule has 4 N–H and O–H groups in total. The molecular weight excluding hydrogens is 592 g/mol. The number of aliphatic imine (C=N–C) groups is 2. The van der Waals surface area contributed by atoms with Crippen LogP contribution in [0.15, 0.2) is 94.9 Å². The van der Waals surface area contributed by atoms with Crippen molar-refractivity contribution in [2.75, 3.05) is 23.7 Å². The molecule has 0 fully saturated rings. The fourth-order valence-corrected chi connectivity index (χ4v) is 5.08. The number of benzene rings is 4. The van der Waals surface area contributed by atoms with Crippen molar-refractivity contribution in [1.29, 1.82) is 0 Å². The van der Waals surface area contributed by atoms with Crippen LogP contribution in [0.4, 0.5) is 11.4 Å². The Hall–Kier alpha value is -4.46. The number of carbonyl (C=O) groups is 2. The Bertz CT molecular complexity index is 1590. The first-order valence-electron chi connectivity index (χ1n) is 13.8. The normalized spacial score (nSPS) is 13.1. The van der Waals surface area contributed by atoms with Crippen molar-refractivity contribution in [3.8, 4) is 0 Å². The van der Waals surface area contributed by atoms with E-state index in [4.69, 9.17) is 0 Å². The molecule has 43 heavy (non-hydrogen) atoms. The van der Waals surface area contributed by atoms with Gasteiger partial charge in [-0.1, -0.05) is 72.8 Å². The summed E-state index contributed by atoms with van der Waals surface area (Å²) in [5, 5.41) is 9.64. The zero-order valence-electron chi connectivity index (χ0n) is 24.6. The number of nitrogens with one attached hydrogen (secondary N) is 2. The summed E-state index contributed by atoms with van der Waals surface area (Å²) in [4.78, 5) is 56.0. The predicted molar refractivity (Wildman–Crippen MR) is 173 cm³/mol. The standard InChI is InChI=1S/C34H34N4O4.Cu/c1-21(31(23(3)39)33(41)37-29-17-9-13-25-11-5-7-15-27(25)29)35-19-20-36-22(2)32(24(4)40)34(42)38-30-18-10-14-26-12-6-8-16-28(26)30;/h5-18,31-32H,19-20H2,1-4H3,(H,37,41)(H,38,42);/p+2. The first-order chi connectivity index (χ1) is 20.2. The summed E-state index contributed by atoms with van der Waals surface area (Å²) in [6, 6.07) is 26.8. The number of anilines is 2. The Morgan fingerprint density at radius 1 is 0.605 bits per heavy atom. The van der Waals surface area contributed by atoms with E-state index in [2.05, 4.69) is 20.6 Å². The van der Waals surface area contributed by atoms with Crippen molar-refractivity contribution in [2.45, 2.75) is 27.7 Å². The van der Waals surface area contributed by atoms with E-state index in [1.165, 1.54) is 13.8 Å². The van der Waals surface area contributed by atoms with E-state index in [9.17, 15) is 19.2 Å². The van der Waals surface area contributed by atoms with E-state index in [0.29, 0.717) is 22.8 Å². The van der Waals surface area contributed by atoms with E-state index >= 15 is 0 Å². The van der Waals surface area contributed by atoms with Crippen LogP contribution in [-0.4, -0.2) is 57.5 Å². The molecule has 0 saturated carbocycles. The van der Waals surface area contributed by atoms with Gasteiger partial charge in [-0.25, -0.2) is 0 Å². The van der Waals surface area contributed by atoms with Crippen molar-refractivity contribution in [3.05, 3.63) is 84.9 Å². The number of fused-ring (bicyclic) bond motifs is 2. The number of rotatable bonds is 11. The van der Waals surface area contributed by atoms with Crippen molar-refractivity contribution >= 4 is 67.7 Å². The van der Waals surface area contributed by atoms with Crippen LogP contribution in [0.25, 0.3) is 21.5 Å². The molecule has 0 saturated heterocycles. The summed E-state index contributed by atoms with van der Waals surface area (Å²) >= 11 is 0. The number of hydrogen-bond donors (Lipinski definition) is 2. The van der Waals surface area contributed by atoms with Crippen molar-refractivity contribution < 1.29 is 36.2 Å². The first-order valence-corrected chi connectivity index (χ1v) is 13.8. The largest absolute Gasteiger partial charge is 0.324 e. The van der Waals surface area contributed by atoms with Crippen LogP contribution in [-0.2, 0) is 26.7 Å². The maximum Gasteiger partial charge on any atom is 0.308 e. The molecule has 4 aromatic rings. The number of amides is 2. The van der Waals surface area contributed by atoms with Gasteiger partial charge in [-0.05, 0) is 36.8 Å². The van der Waals surface area contributed by atoms with Gasteiger partial charge in [0.25, 0.3) is 0 Å². The van der Waals surface area contributed by atoms with Gasteiger partial charge in [0.1, 0.15) is 0 Å². The number of ketones is 2. The molecule has 0 aliphatic carbocycles. The molecule has 225 valence electrons. The molecule has 9 heteroatoms. The van der Waals surface area contributed by atoms with Crippen LogP contribution >= 0.6 is 0 Å². The molecule has 1 radical (unpaired) electrons. The Morgan fingerprint density at radius 2 is 0.953 bits per heavy atom. The maximum absolute atomic E-state index is 13.2. The molecule has 0 heterocycles. The van der Waals surface area contributed by atoms with Crippen LogP contribution in [0.5, 0.6) is 0 Å². The first kappa shape index (κ1) is 33.0. The summed E-state index contributed by atoms with van der Waals surface area (Å²) < 4.78 is 0. The third kappa shape index (κ3) is 8.09. The van der Waals surface area contributed by atoms with Gasteiger partial charge in [-0.15, -0.1) is 0 Å². The number of nitrogens with zero attached hydrogens (tertiary/aromatic N) is 2. The molecule has 4 rings (SSSR count). The second kappa shape index (κ2) is 15.1. The van der Waals surface area contributed by atoms with E-state index in [1.807, 2.05) is 84.9 Å². The third-order valence-corrected chi connectivity index (χ3v) is 7.11. The van der Waals surface area contributed by atoms with Crippen molar-refractivity contribution in [3.63, 3.8) is 0 Å². The van der Waals surface area contributed by atoms with Crippen LogP contribution in [0.3, 0.4) is 0 Å². The molecule has 0 aromatic heterocycles. The fourth-order valence-electron chi connectivity index (χ4n) is 5.08. The fraction of sp³-hybridized carbons (Fsp3) is 0.235. The molecule has 2 atom stereocenters. The second-order valence-electron chi connectivity index (χ2n) is 10.2. The maximum atomic E-state index is 13.2. The minimum atomic E-state index is -0.929. The monoisotopic (exact) mass is 627 g/mol. The van der Waals surface area contributed by atoms with E-state index in [-0.39, 0.29) is 53.5 Å². The minimum Gasteiger partial charge on any atom is -0.324 e. The molecule has 0 spiro atoms. The molecular formula is C34H36CuN4O4+2. The smallest absolute Gasteiger partial charge is 0.308 e. The van der Waals surface area contributed by atoms with Crippen LogP contribution in [0.2, 0.25) is 0 Å². The minimum absolute atomic E-state index is 0. The SMILES string of the molecule is CC(=[OH+])C(C(=O)Nc1cccc2ccccc12)C(C)=NCCN=C(C)C(C(=O)Nc1cccc2ccccc12)C(C)=[OH+].[Cu]. The van der Waals surface area contributed by atoms with Gasteiger partial charge in [0.15, 0.2) is 11.8 Å². The Labute approximate surface area is 261 Å². The predicted octanol–water partition coefficient (Wildman–Crippen LogP) is 5.85. The quantitative estimate of drug-likeness (QED) is 0.0711. The summed E-state index contributed by atoms with van der Waals surface area (Å²) in [5.41, 5.74) is 2.19. The average molecular weight is 628 g/mol. The summed E-state index contributed by atoms with van der Waals surface area (Å²) in [6.45, 7) is 6.81. The van der Waals surface area contributed by atoms with Gasteiger partial charge in [0.05, 0.1) is 13.1 Å². The van der Waals surface area contributed by atoms with E-state index in [1.54, 1.807) is 13.8 Å². The van der Waals surface area contributed by atoms with Crippen molar-refractivity contribution in [1.82, 2.24) is 0 Å². The Morgan fingerprint density at radius 3 is 1.33 bits per heavy atom. The van der Waals surface area contributed by atoms with Gasteiger partial charge in [-0.2, -0.15) is 0 Å². The average Bonchev–Trinajstić information content (AvgIpc) is 2.95. The van der Waals surface area contributed by atoms with Gasteiger partial charge < -0.3 is 10.6 Å². The van der Waals surface area contributed by atoms with Gasteiger partial charge >= 0.3 is 11.6 Å². The van der Waals surface area contributed by atoms with Crippen molar-refractivity contribution in [2.24, 2.45) is 21.8 Å². The molecule has 2 amide bonds. The van der Waals surface area contributed by atoms with E-state index in [0.717, 1.165) is 21.5 Å². The third-order valence-electron chi connectivity index (χ3n) is 7.11. The zero-order valence-corrected chi connectivity index (χ0v) is 25.5. The molecule has 2 unspecified atom stereocenters. The van der Waals surface area contributed by atoms with Crippen LogP contribution in [0.1, 0.15) is 27.7 Å². The zero-order chi connectivity index (χ0) is 30.2. The summed E-state index contributed by atoms with van der Waals surface area (Å²) in [7, 11) is 0. The Kier molecular flexibility index (Phi) is 11.6. The van der Waals surface area contributed by atoms with Gasteiger partial charge in [0.2, 0.25) is 11.8 Å². The molecule has 8 nitrogen and oxygen atoms in total. The van der Waals surface area contributed by atoms with Gasteiger partial charge in [-0.3, -0.25) is 29.2 Å². The van der Waals surface area contributed by atoms with Crippen LogP contribution < -0.4 is 10.6 Å². The number of hydrogen-bond acceptors (Lipinski definition) is 4. The summed E-state index contributed by atoms with van der Waals surface area (Å²) in [5.74, 6) is -2.76. The summed E-state index contributed by atoms with van der Waals surface area (Å²) in [6.07, 6.45) is 0. The molecule has 0 bridgehead atoms. The Balaban J connectivity index is 0.00000506. The topological polar surface area (TPSA) is 126 Å². The molecule has 0 aliphatic heterocycles. The van der Waals surface area contributed by atoms with E-state index < -0.39 is 11.8 Å². The molecule has 0 aliphatic rings. The van der Waals surface area contributed by atoms with Gasteiger partial charge in [0, 0.05) is 64.5 Å². The van der Waals surface area contributed by atoms with Crippen LogP contribution in [0, 0.1) is 11.8 Å². The second-order valence-corrected chi connectivity index (χ2v) is 10.2. The molecule has 4 aromatic carbocycles. The number of carbonyl (C=O) groups excluding carboxylic acids is 4.